The molecule has 6 rings (SSSR count). The number of ether oxygens (including phenoxy) is 3. The number of esters is 4. The van der Waals surface area contributed by atoms with Crippen molar-refractivity contribution in [3.8, 4) is 0 Å². The van der Waals surface area contributed by atoms with Gasteiger partial charge in [0.25, 0.3) is 0 Å². The predicted molar refractivity (Wildman–Crippen MR) is 149 cm³/mol. The second-order valence-electron chi connectivity index (χ2n) is 13.9. The molecule has 6 aliphatic carbocycles. The number of hydrogen-bond acceptors (Lipinski definition) is 9. The van der Waals surface area contributed by atoms with Crippen LogP contribution in [0.25, 0.3) is 0 Å². The zero-order valence-electron chi connectivity index (χ0n) is 26.0. The lowest BCUT2D eigenvalue weighted by atomic mass is 9.44. The smallest absolute Gasteiger partial charge is 0.318 e. The Labute approximate surface area is 251 Å². The van der Waals surface area contributed by atoms with E-state index in [1.54, 1.807) is 53.7 Å². The van der Waals surface area contributed by atoms with Crippen LogP contribution < -0.4 is 0 Å². The highest BCUT2D eigenvalue weighted by Gasteiger charge is 2.69. The van der Waals surface area contributed by atoms with Crippen molar-refractivity contribution < 1.29 is 53.2 Å². The van der Waals surface area contributed by atoms with Crippen molar-refractivity contribution in [3.05, 3.63) is 23.7 Å². The molecule has 8 unspecified atom stereocenters. The average Bonchev–Trinajstić information content (AvgIpc) is 2.85. The normalized spacial score (nSPS) is 37.8. The summed E-state index contributed by atoms with van der Waals surface area (Å²) < 4.78 is 16.8. The molecule has 8 atom stereocenters. The minimum absolute atomic E-state index is 0.182. The number of carbonyl (C=O) groups excluding carboxylic acids is 4. The molecule has 2 saturated carbocycles. The lowest BCUT2D eigenvalue weighted by Gasteiger charge is -2.59. The Bertz CT molecular complexity index is 1240. The molecule has 4 bridgehead atoms. The first-order chi connectivity index (χ1) is 19.8. The molecule has 0 spiro atoms. The van der Waals surface area contributed by atoms with E-state index in [4.69, 9.17) is 14.2 Å². The molecule has 0 saturated heterocycles. The van der Waals surface area contributed by atoms with Gasteiger partial charge in [0.1, 0.15) is 11.5 Å². The molecule has 0 aromatic carbocycles. The van der Waals surface area contributed by atoms with Crippen molar-refractivity contribution in [1.29, 1.82) is 0 Å². The Morgan fingerprint density at radius 3 is 1.23 bits per heavy atom. The lowest BCUT2D eigenvalue weighted by molar-refractivity contribution is -0.198. The summed E-state index contributed by atoms with van der Waals surface area (Å²) in [4.78, 5) is 78.1. The standard InChI is InChI=1S/C32H42O11/c1-15(2)31-11-9-29(7,13-19(31)41-17(5)33)21(25(35)36)23(31)27(39)43-28(40)24-22(26(37)38)30(8)10-12-32(24,16(3)4)20(14-30)42-18(6)34/h13-16,21-24H,9-12H2,1-8H3,(H,35,36)(H,37,38). The third kappa shape index (κ3) is 4.70. The molecule has 0 aliphatic heterocycles. The van der Waals surface area contributed by atoms with Crippen molar-refractivity contribution in [3.63, 3.8) is 0 Å². The van der Waals surface area contributed by atoms with Gasteiger partial charge < -0.3 is 24.4 Å². The van der Waals surface area contributed by atoms with Crippen LogP contribution in [-0.2, 0) is 43.0 Å². The number of rotatable bonds is 8. The van der Waals surface area contributed by atoms with Gasteiger partial charge in [0, 0.05) is 35.5 Å². The monoisotopic (exact) mass is 602 g/mol. The van der Waals surface area contributed by atoms with E-state index in [0.717, 1.165) is 0 Å². The van der Waals surface area contributed by atoms with Crippen LogP contribution in [0.2, 0.25) is 0 Å². The van der Waals surface area contributed by atoms with Gasteiger partial charge >= 0.3 is 35.8 Å². The van der Waals surface area contributed by atoms with E-state index in [1.807, 2.05) is 0 Å². The summed E-state index contributed by atoms with van der Waals surface area (Å²) in [6, 6.07) is 0. The minimum Gasteiger partial charge on any atom is -0.481 e. The largest absolute Gasteiger partial charge is 0.481 e. The average molecular weight is 603 g/mol. The van der Waals surface area contributed by atoms with Crippen LogP contribution in [-0.4, -0.2) is 46.0 Å². The molecule has 0 heterocycles. The van der Waals surface area contributed by atoms with Crippen molar-refractivity contribution in [1.82, 2.24) is 0 Å². The number of hydrogen-bond donors (Lipinski definition) is 2. The molecule has 6 aliphatic rings. The molecule has 0 radical (unpaired) electrons. The van der Waals surface area contributed by atoms with E-state index in [1.165, 1.54) is 13.8 Å². The Morgan fingerprint density at radius 2 is 0.977 bits per heavy atom. The predicted octanol–water partition coefficient (Wildman–Crippen LogP) is 4.50. The number of carbonyl (C=O) groups is 6. The fourth-order valence-corrected chi connectivity index (χ4v) is 8.87. The number of fused-ring (bicyclic) bond motifs is 4. The van der Waals surface area contributed by atoms with Crippen LogP contribution in [0.5, 0.6) is 0 Å². The Kier molecular flexibility index (Phi) is 7.98. The van der Waals surface area contributed by atoms with Crippen LogP contribution in [0.1, 0.15) is 81.1 Å². The van der Waals surface area contributed by atoms with Gasteiger partial charge in [-0.25, -0.2) is 0 Å². The molecule has 0 aromatic rings. The summed E-state index contributed by atoms with van der Waals surface area (Å²) in [6.07, 6.45) is 4.67. The quantitative estimate of drug-likeness (QED) is 0.228. The van der Waals surface area contributed by atoms with Gasteiger partial charge in [-0.1, -0.05) is 41.5 Å². The van der Waals surface area contributed by atoms with Gasteiger partial charge in [-0.3, -0.25) is 28.8 Å². The van der Waals surface area contributed by atoms with E-state index < -0.39 is 93.0 Å². The molecular weight excluding hydrogens is 560 g/mol. The molecular formula is C32H42O11. The second-order valence-corrected chi connectivity index (χ2v) is 13.9. The molecule has 236 valence electrons. The van der Waals surface area contributed by atoms with E-state index in [2.05, 4.69) is 0 Å². The Balaban J connectivity index is 1.83. The number of carboxylic acid groups (broad SMARTS) is 2. The molecule has 0 aromatic heterocycles. The summed E-state index contributed by atoms with van der Waals surface area (Å²) in [5.74, 6) is -11.8. The van der Waals surface area contributed by atoms with Crippen LogP contribution in [0.3, 0.4) is 0 Å². The molecule has 11 heteroatoms. The molecule has 2 fully saturated rings. The summed E-state index contributed by atoms with van der Waals surface area (Å²) >= 11 is 0. The van der Waals surface area contributed by atoms with E-state index in [9.17, 15) is 39.0 Å². The molecule has 0 amide bonds. The van der Waals surface area contributed by atoms with Crippen molar-refractivity contribution >= 4 is 35.8 Å². The highest BCUT2D eigenvalue weighted by molar-refractivity contribution is 5.94. The van der Waals surface area contributed by atoms with Crippen molar-refractivity contribution in [2.24, 2.45) is 57.2 Å². The maximum absolute atomic E-state index is 14.2. The first-order valence-electron chi connectivity index (χ1n) is 14.8. The van der Waals surface area contributed by atoms with Gasteiger partial charge in [0.05, 0.1) is 23.7 Å². The van der Waals surface area contributed by atoms with Gasteiger partial charge in [-0.2, -0.15) is 0 Å². The zero-order chi connectivity index (χ0) is 32.4. The molecule has 2 N–H and O–H groups in total. The van der Waals surface area contributed by atoms with Gasteiger partial charge in [0.2, 0.25) is 0 Å². The van der Waals surface area contributed by atoms with Crippen LogP contribution in [0.15, 0.2) is 23.7 Å². The number of carboxylic acids is 2. The third-order valence-corrected chi connectivity index (χ3v) is 11.0. The van der Waals surface area contributed by atoms with Crippen LogP contribution in [0.4, 0.5) is 0 Å². The fraction of sp³-hybridized carbons (Fsp3) is 0.688. The van der Waals surface area contributed by atoms with Crippen molar-refractivity contribution in [2.45, 2.75) is 81.1 Å². The second kappa shape index (κ2) is 10.6. The molecule has 11 nitrogen and oxygen atoms in total. The van der Waals surface area contributed by atoms with E-state index in [-0.39, 0.29) is 11.5 Å². The first kappa shape index (κ1) is 32.4. The Hall–Kier alpha value is -3.50. The fourth-order valence-electron chi connectivity index (χ4n) is 8.87. The topological polar surface area (TPSA) is 171 Å². The van der Waals surface area contributed by atoms with Crippen LogP contribution in [0, 0.1) is 57.2 Å². The zero-order valence-corrected chi connectivity index (χ0v) is 26.0. The SMILES string of the molecule is CC(=O)OC1=CC2(C)CCC1(C(C)C)C(C(=O)OC(=O)C1C(C(=O)O)C3(C)C=C(OC(C)=O)C1(C(C)C)CC3)C2C(=O)O. The van der Waals surface area contributed by atoms with Crippen LogP contribution >= 0.6 is 0 Å². The molecule has 43 heavy (non-hydrogen) atoms. The van der Waals surface area contributed by atoms with Gasteiger partial charge in [-0.05, 0) is 49.7 Å². The number of aliphatic carboxylic acids is 2. The maximum atomic E-state index is 14.2. The van der Waals surface area contributed by atoms with Crippen molar-refractivity contribution in [2.75, 3.05) is 0 Å². The number of allylic oxidation sites excluding steroid dienone is 4. The summed E-state index contributed by atoms with van der Waals surface area (Å²) in [6.45, 7) is 12.9. The van der Waals surface area contributed by atoms with Gasteiger partial charge in [0.15, 0.2) is 0 Å². The summed E-state index contributed by atoms with van der Waals surface area (Å²) in [7, 11) is 0. The van der Waals surface area contributed by atoms with E-state index >= 15 is 0 Å². The minimum atomic E-state index is -1.40. The Morgan fingerprint density at radius 1 is 0.651 bits per heavy atom. The summed E-state index contributed by atoms with van der Waals surface area (Å²) in [5, 5.41) is 20.8. The van der Waals surface area contributed by atoms with E-state index in [0.29, 0.717) is 25.7 Å². The maximum Gasteiger partial charge on any atom is 0.318 e. The third-order valence-electron chi connectivity index (χ3n) is 11.0. The highest BCUT2D eigenvalue weighted by Crippen LogP contribution is 2.67. The first-order valence-corrected chi connectivity index (χ1v) is 14.8. The highest BCUT2D eigenvalue weighted by atomic mass is 16.6. The summed E-state index contributed by atoms with van der Waals surface area (Å²) in [5.41, 5.74) is -4.67. The van der Waals surface area contributed by atoms with Gasteiger partial charge in [-0.15, -0.1) is 0 Å². The lowest BCUT2D eigenvalue weighted by Crippen LogP contribution is -2.62.